The SMILES string of the molecule is CC/C(=C(\c1ccc(OCCN(C)C)cc1)c1ccc(OCC(=O)c2ccc(OCc3ccccc3)c(OC)c2)cc1)c1ccccc1. The first-order valence-electron chi connectivity index (χ1n) is 16.2. The number of carbonyl (C=O) groups excluding carboxylic acids is 1. The van der Waals surface area contributed by atoms with Gasteiger partial charge in [-0.2, -0.15) is 0 Å². The molecule has 48 heavy (non-hydrogen) atoms. The molecule has 5 aromatic rings. The fourth-order valence-corrected chi connectivity index (χ4v) is 5.39. The number of nitrogens with zero attached hydrogens (tertiary/aromatic N) is 1. The molecule has 0 spiro atoms. The Morgan fingerprint density at radius 3 is 1.79 bits per heavy atom. The van der Waals surface area contributed by atoms with Crippen LogP contribution in [0, 0.1) is 0 Å². The van der Waals surface area contributed by atoms with Crippen LogP contribution < -0.4 is 18.9 Å². The minimum Gasteiger partial charge on any atom is -0.493 e. The second-order valence-corrected chi connectivity index (χ2v) is 11.6. The lowest BCUT2D eigenvalue weighted by Gasteiger charge is -2.17. The lowest BCUT2D eigenvalue weighted by atomic mass is 9.88. The van der Waals surface area contributed by atoms with Gasteiger partial charge in [-0.25, -0.2) is 0 Å². The zero-order chi connectivity index (χ0) is 33.7. The Bertz CT molecular complexity index is 1780. The molecule has 0 saturated heterocycles. The standard InChI is InChI=1S/C42H43NO5/c1-5-38(32-14-10-7-11-15-32)42(33-16-21-36(22-17-33)46-27-26-43(2)3)34-18-23-37(24-19-34)47-30-39(44)35-20-25-40(41(28-35)45-4)48-29-31-12-8-6-9-13-31/h6-25,28H,5,26-27,29-30H2,1-4H3/b42-38-. The van der Waals surface area contributed by atoms with Gasteiger partial charge in [0, 0.05) is 12.1 Å². The molecule has 0 amide bonds. The van der Waals surface area contributed by atoms with E-state index in [0.717, 1.165) is 41.0 Å². The number of benzene rings is 5. The van der Waals surface area contributed by atoms with Crippen LogP contribution >= 0.6 is 0 Å². The fourth-order valence-electron chi connectivity index (χ4n) is 5.39. The number of Topliss-reactive ketones (excluding diaryl/α,β-unsaturated/α-hetero) is 1. The van der Waals surface area contributed by atoms with E-state index in [1.165, 1.54) is 11.1 Å². The second kappa shape index (κ2) is 17.0. The Balaban J connectivity index is 1.30. The molecule has 0 aliphatic rings. The van der Waals surface area contributed by atoms with Crippen molar-refractivity contribution < 1.29 is 23.7 Å². The molecule has 0 aromatic heterocycles. The highest BCUT2D eigenvalue weighted by Crippen LogP contribution is 2.36. The molecule has 0 saturated carbocycles. The van der Waals surface area contributed by atoms with Crippen molar-refractivity contribution in [2.45, 2.75) is 20.0 Å². The van der Waals surface area contributed by atoms with Crippen LogP contribution in [0.4, 0.5) is 0 Å². The predicted octanol–water partition coefficient (Wildman–Crippen LogP) is 8.85. The van der Waals surface area contributed by atoms with Crippen LogP contribution in [-0.4, -0.2) is 51.6 Å². The van der Waals surface area contributed by atoms with Crippen molar-refractivity contribution in [3.05, 3.63) is 155 Å². The lowest BCUT2D eigenvalue weighted by molar-refractivity contribution is 0.0921. The fraction of sp³-hybridized carbons (Fsp3) is 0.214. The maximum atomic E-state index is 13.1. The van der Waals surface area contributed by atoms with E-state index in [2.05, 4.69) is 60.4 Å². The summed E-state index contributed by atoms with van der Waals surface area (Å²) in [5.41, 5.74) is 7.27. The summed E-state index contributed by atoms with van der Waals surface area (Å²) in [5.74, 6) is 2.38. The Morgan fingerprint density at radius 1 is 0.625 bits per heavy atom. The minimum absolute atomic E-state index is 0.102. The van der Waals surface area contributed by atoms with E-state index >= 15 is 0 Å². The molecule has 6 nitrogen and oxygen atoms in total. The third-order valence-electron chi connectivity index (χ3n) is 7.96. The summed E-state index contributed by atoms with van der Waals surface area (Å²) < 4.78 is 23.4. The van der Waals surface area contributed by atoms with Crippen molar-refractivity contribution in [2.75, 3.05) is 41.0 Å². The molecular formula is C42H43NO5. The molecule has 246 valence electrons. The number of carbonyl (C=O) groups is 1. The van der Waals surface area contributed by atoms with Gasteiger partial charge >= 0.3 is 0 Å². The highest BCUT2D eigenvalue weighted by molar-refractivity contribution is 5.99. The van der Waals surface area contributed by atoms with Gasteiger partial charge in [-0.15, -0.1) is 0 Å². The third kappa shape index (κ3) is 9.14. The van der Waals surface area contributed by atoms with Gasteiger partial charge in [-0.3, -0.25) is 4.79 Å². The normalized spacial score (nSPS) is 11.5. The van der Waals surface area contributed by atoms with Gasteiger partial charge in [0.2, 0.25) is 0 Å². The van der Waals surface area contributed by atoms with Crippen molar-refractivity contribution in [2.24, 2.45) is 0 Å². The van der Waals surface area contributed by atoms with E-state index in [1.807, 2.05) is 74.8 Å². The van der Waals surface area contributed by atoms with Crippen LogP contribution in [0.5, 0.6) is 23.0 Å². The van der Waals surface area contributed by atoms with Crippen molar-refractivity contribution in [1.29, 1.82) is 0 Å². The summed E-state index contributed by atoms with van der Waals surface area (Å²) >= 11 is 0. The van der Waals surface area contributed by atoms with Gasteiger partial charge in [0.05, 0.1) is 7.11 Å². The summed E-state index contributed by atoms with van der Waals surface area (Å²) in [6.07, 6.45) is 0.854. The molecule has 5 rings (SSSR count). The van der Waals surface area contributed by atoms with Gasteiger partial charge < -0.3 is 23.8 Å². The largest absolute Gasteiger partial charge is 0.493 e. The molecule has 0 atom stereocenters. The topological polar surface area (TPSA) is 57.2 Å². The average Bonchev–Trinajstić information content (AvgIpc) is 3.13. The van der Waals surface area contributed by atoms with Crippen molar-refractivity contribution in [3.63, 3.8) is 0 Å². The maximum Gasteiger partial charge on any atom is 0.200 e. The number of hydrogen-bond acceptors (Lipinski definition) is 6. The van der Waals surface area contributed by atoms with Crippen LogP contribution in [0.15, 0.2) is 127 Å². The number of hydrogen-bond donors (Lipinski definition) is 0. The number of allylic oxidation sites excluding steroid dienone is 1. The molecule has 0 bridgehead atoms. The molecule has 6 heteroatoms. The van der Waals surface area contributed by atoms with Crippen LogP contribution in [0.2, 0.25) is 0 Å². The number of rotatable bonds is 16. The van der Waals surface area contributed by atoms with Crippen molar-refractivity contribution in [3.8, 4) is 23.0 Å². The van der Waals surface area contributed by atoms with Crippen LogP contribution in [0.1, 0.15) is 46.0 Å². The monoisotopic (exact) mass is 641 g/mol. The van der Waals surface area contributed by atoms with Gasteiger partial charge in [0.25, 0.3) is 0 Å². The Morgan fingerprint density at radius 2 is 1.21 bits per heavy atom. The zero-order valence-electron chi connectivity index (χ0n) is 28.1. The number of methoxy groups -OCH3 is 1. The minimum atomic E-state index is -0.155. The van der Waals surface area contributed by atoms with Gasteiger partial charge in [0.1, 0.15) is 24.7 Å². The van der Waals surface area contributed by atoms with Crippen LogP contribution in [-0.2, 0) is 6.61 Å². The number of ketones is 1. The summed E-state index contributed by atoms with van der Waals surface area (Å²) in [6.45, 7) is 3.97. The second-order valence-electron chi connectivity index (χ2n) is 11.6. The van der Waals surface area contributed by atoms with Gasteiger partial charge in [-0.05, 0) is 96.4 Å². The molecule has 0 N–H and O–H groups in total. The molecule has 0 unspecified atom stereocenters. The predicted molar refractivity (Wildman–Crippen MR) is 193 cm³/mol. The molecule has 0 aliphatic heterocycles. The Kier molecular flexibility index (Phi) is 12.0. The lowest BCUT2D eigenvalue weighted by Crippen LogP contribution is -2.19. The summed E-state index contributed by atoms with van der Waals surface area (Å²) in [6, 6.07) is 41.8. The highest BCUT2D eigenvalue weighted by atomic mass is 16.5. The van der Waals surface area contributed by atoms with Crippen molar-refractivity contribution >= 4 is 16.9 Å². The van der Waals surface area contributed by atoms with E-state index in [0.29, 0.717) is 36.0 Å². The van der Waals surface area contributed by atoms with E-state index < -0.39 is 0 Å². The maximum absolute atomic E-state index is 13.1. The summed E-state index contributed by atoms with van der Waals surface area (Å²) in [4.78, 5) is 15.2. The van der Waals surface area contributed by atoms with Gasteiger partial charge in [0.15, 0.2) is 23.9 Å². The van der Waals surface area contributed by atoms with E-state index in [1.54, 1.807) is 25.3 Å². The quantitative estimate of drug-likeness (QED) is 0.0793. The van der Waals surface area contributed by atoms with E-state index in [9.17, 15) is 4.79 Å². The molecular weight excluding hydrogens is 598 g/mol. The summed E-state index contributed by atoms with van der Waals surface area (Å²) in [7, 11) is 5.64. The average molecular weight is 642 g/mol. The Labute approximate surface area is 284 Å². The smallest absolute Gasteiger partial charge is 0.200 e. The third-order valence-corrected chi connectivity index (χ3v) is 7.96. The summed E-state index contributed by atoms with van der Waals surface area (Å²) in [5, 5.41) is 0. The molecule has 0 aliphatic carbocycles. The highest BCUT2D eigenvalue weighted by Gasteiger charge is 2.15. The first-order valence-corrected chi connectivity index (χ1v) is 16.2. The van der Waals surface area contributed by atoms with Gasteiger partial charge in [-0.1, -0.05) is 91.9 Å². The first-order chi connectivity index (χ1) is 23.4. The van der Waals surface area contributed by atoms with Crippen molar-refractivity contribution in [1.82, 2.24) is 4.90 Å². The molecule has 5 aromatic carbocycles. The first kappa shape index (κ1) is 34.0. The van der Waals surface area contributed by atoms with Crippen LogP contribution in [0.25, 0.3) is 11.1 Å². The Hall–Kier alpha value is -5.33. The molecule has 0 fully saturated rings. The van der Waals surface area contributed by atoms with E-state index in [4.69, 9.17) is 18.9 Å². The van der Waals surface area contributed by atoms with Crippen LogP contribution in [0.3, 0.4) is 0 Å². The molecule has 0 heterocycles. The zero-order valence-corrected chi connectivity index (χ0v) is 28.1. The van der Waals surface area contributed by atoms with E-state index in [-0.39, 0.29) is 12.4 Å². The molecule has 0 radical (unpaired) electrons. The number of likely N-dealkylation sites (N-methyl/N-ethyl adjacent to an activating group) is 1. The number of ether oxygens (including phenoxy) is 4.